The van der Waals surface area contributed by atoms with Crippen molar-refractivity contribution >= 4 is 35.1 Å². The second-order valence-electron chi connectivity index (χ2n) is 7.11. The molecular weight excluding hydrogens is 412 g/mol. The number of benzene rings is 2. The first-order valence-electron chi connectivity index (χ1n) is 9.96. The van der Waals surface area contributed by atoms with Gasteiger partial charge in [0, 0.05) is 18.7 Å². The Labute approximate surface area is 184 Å². The molecule has 0 spiro atoms. The predicted molar refractivity (Wildman–Crippen MR) is 117 cm³/mol. The molecule has 3 aromatic rings. The van der Waals surface area contributed by atoms with Crippen molar-refractivity contribution in [3.05, 3.63) is 60.4 Å². The average Bonchev–Trinajstić information content (AvgIpc) is 3.19. The molecule has 32 heavy (non-hydrogen) atoms. The van der Waals surface area contributed by atoms with Gasteiger partial charge >= 0.3 is 5.97 Å². The van der Waals surface area contributed by atoms with Crippen LogP contribution in [-0.2, 0) is 20.9 Å². The molecule has 164 valence electrons. The number of carbonyl (C=O) groups excluding carboxylic acids is 2. The van der Waals surface area contributed by atoms with E-state index >= 15 is 0 Å². The van der Waals surface area contributed by atoms with Crippen LogP contribution < -0.4 is 20.7 Å². The van der Waals surface area contributed by atoms with Gasteiger partial charge in [0.05, 0.1) is 18.7 Å². The number of nitrogens with zero attached hydrogens (tertiary/aromatic N) is 4. The van der Waals surface area contributed by atoms with Crippen molar-refractivity contribution in [3.8, 4) is 5.75 Å². The molecule has 10 heteroatoms. The fourth-order valence-electron chi connectivity index (χ4n) is 3.41. The number of anilines is 4. The van der Waals surface area contributed by atoms with Crippen LogP contribution >= 0.6 is 0 Å². The highest BCUT2D eigenvalue weighted by Crippen LogP contribution is 2.33. The molecule has 2 aromatic carbocycles. The summed E-state index contributed by atoms with van der Waals surface area (Å²) in [6, 6.07) is 16.5. The van der Waals surface area contributed by atoms with E-state index in [0.29, 0.717) is 11.4 Å². The quantitative estimate of drug-likeness (QED) is 0.537. The van der Waals surface area contributed by atoms with E-state index in [0.717, 1.165) is 5.69 Å². The number of ether oxygens (including phenoxy) is 2. The van der Waals surface area contributed by atoms with Gasteiger partial charge in [-0.2, -0.15) is 15.0 Å². The summed E-state index contributed by atoms with van der Waals surface area (Å²) in [7, 11) is 1.53. The Morgan fingerprint density at radius 2 is 1.88 bits per heavy atom. The number of para-hydroxylation sites is 3. The van der Waals surface area contributed by atoms with Crippen LogP contribution in [0, 0.1) is 5.92 Å². The predicted octanol–water partition coefficient (Wildman–Crippen LogP) is 2.30. The zero-order chi connectivity index (χ0) is 22.5. The Morgan fingerprint density at radius 1 is 1.12 bits per heavy atom. The number of hydrogen-bond donors (Lipinski definition) is 2. The Balaban J connectivity index is 1.39. The van der Waals surface area contributed by atoms with Gasteiger partial charge in [0.15, 0.2) is 12.4 Å². The number of methoxy groups -OCH3 is 1. The lowest BCUT2D eigenvalue weighted by Gasteiger charge is -2.19. The zero-order valence-corrected chi connectivity index (χ0v) is 17.4. The molecule has 1 atom stereocenters. The molecule has 10 nitrogen and oxygen atoms in total. The highest BCUT2D eigenvalue weighted by molar-refractivity contribution is 6.00. The van der Waals surface area contributed by atoms with E-state index in [1.807, 2.05) is 42.5 Å². The first kappa shape index (κ1) is 21.0. The number of nitrogens with one attached hydrogen (secondary N) is 1. The molecule has 1 unspecified atom stereocenters. The van der Waals surface area contributed by atoms with E-state index in [1.165, 1.54) is 12.0 Å². The maximum absolute atomic E-state index is 12.6. The molecule has 1 amide bonds. The summed E-state index contributed by atoms with van der Waals surface area (Å²) < 4.78 is 10.7. The van der Waals surface area contributed by atoms with Gasteiger partial charge in [-0.15, -0.1) is 0 Å². The molecular formula is C22H22N6O4. The molecule has 1 saturated heterocycles. The highest BCUT2D eigenvalue weighted by Gasteiger charge is 2.37. The van der Waals surface area contributed by atoms with Gasteiger partial charge in [-0.05, 0) is 24.3 Å². The van der Waals surface area contributed by atoms with E-state index in [4.69, 9.17) is 15.2 Å². The van der Waals surface area contributed by atoms with E-state index in [-0.39, 0.29) is 43.2 Å². The summed E-state index contributed by atoms with van der Waals surface area (Å²) in [5.74, 6) is -0.267. The van der Waals surface area contributed by atoms with Gasteiger partial charge in [-0.25, -0.2) is 0 Å². The molecule has 1 aliphatic heterocycles. The smallest absolute Gasteiger partial charge is 0.311 e. The van der Waals surface area contributed by atoms with Crippen LogP contribution in [0.2, 0.25) is 0 Å². The van der Waals surface area contributed by atoms with E-state index in [2.05, 4.69) is 20.3 Å². The number of hydrogen-bond acceptors (Lipinski definition) is 9. The number of carbonyl (C=O) groups is 2. The van der Waals surface area contributed by atoms with Gasteiger partial charge in [0.25, 0.3) is 0 Å². The second kappa shape index (κ2) is 9.29. The number of nitrogens with two attached hydrogens (primary N) is 1. The Morgan fingerprint density at radius 3 is 2.66 bits per heavy atom. The first-order valence-corrected chi connectivity index (χ1v) is 9.96. The van der Waals surface area contributed by atoms with Crippen LogP contribution in [0.3, 0.4) is 0 Å². The normalized spacial score (nSPS) is 15.5. The van der Waals surface area contributed by atoms with Crippen molar-refractivity contribution < 1.29 is 19.1 Å². The minimum Gasteiger partial charge on any atom is -0.495 e. The minimum atomic E-state index is -0.603. The monoisotopic (exact) mass is 434 g/mol. The van der Waals surface area contributed by atoms with Gasteiger partial charge in [-0.1, -0.05) is 30.3 Å². The number of amides is 1. The van der Waals surface area contributed by atoms with Crippen molar-refractivity contribution in [2.75, 3.05) is 29.6 Å². The molecule has 0 bridgehead atoms. The van der Waals surface area contributed by atoms with Crippen molar-refractivity contribution in [3.63, 3.8) is 0 Å². The van der Waals surface area contributed by atoms with Crippen molar-refractivity contribution in [2.45, 2.75) is 13.0 Å². The third kappa shape index (κ3) is 4.75. The molecule has 1 aromatic heterocycles. The maximum Gasteiger partial charge on any atom is 0.311 e. The van der Waals surface area contributed by atoms with Crippen LogP contribution in [0.25, 0.3) is 0 Å². The molecule has 4 rings (SSSR count). The summed E-state index contributed by atoms with van der Waals surface area (Å²) in [4.78, 5) is 38.9. The fraction of sp³-hybridized carbons (Fsp3) is 0.227. The first-order chi connectivity index (χ1) is 15.5. The number of nitrogen functional groups attached to an aromatic ring is 1. The van der Waals surface area contributed by atoms with Crippen LogP contribution in [0.4, 0.5) is 23.3 Å². The maximum atomic E-state index is 12.6. The SMILES string of the molecule is COc1ccccc1N1CC(C(=O)OCc2nc(N)nc(Nc3ccccc3)n2)CC1=O. The van der Waals surface area contributed by atoms with Crippen molar-refractivity contribution in [1.29, 1.82) is 0 Å². The standard InChI is InChI=1S/C22H22N6O4/c1-31-17-10-6-5-9-16(17)28-12-14(11-19(28)29)20(30)32-13-18-25-21(23)27-22(26-18)24-15-7-3-2-4-8-15/h2-10,14H,11-13H2,1H3,(H3,23,24,25,26,27). The molecule has 0 radical (unpaired) electrons. The number of esters is 1. The lowest BCUT2D eigenvalue weighted by molar-refractivity contribution is -0.149. The van der Waals surface area contributed by atoms with E-state index in [9.17, 15) is 9.59 Å². The van der Waals surface area contributed by atoms with Gasteiger partial charge in [0.2, 0.25) is 17.8 Å². The van der Waals surface area contributed by atoms with E-state index in [1.54, 1.807) is 12.1 Å². The number of aromatic nitrogens is 3. The summed E-state index contributed by atoms with van der Waals surface area (Å²) >= 11 is 0. The topological polar surface area (TPSA) is 133 Å². The third-order valence-electron chi connectivity index (χ3n) is 4.91. The van der Waals surface area contributed by atoms with Crippen LogP contribution in [-0.4, -0.2) is 40.5 Å². The number of rotatable bonds is 7. The van der Waals surface area contributed by atoms with Crippen LogP contribution in [0.1, 0.15) is 12.2 Å². The average molecular weight is 434 g/mol. The molecule has 0 aliphatic carbocycles. The van der Waals surface area contributed by atoms with Crippen LogP contribution in [0.15, 0.2) is 54.6 Å². The second-order valence-corrected chi connectivity index (χ2v) is 7.11. The Kier molecular flexibility index (Phi) is 6.11. The summed E-state index contributed by atoms with van der Waals surface area (Å²) in [6.07, 6.45) is 0.0526. The Bertz CT molecular complexity index is 1120. The molecule has 1 fully saturated rings. The van der Waals surface area contributed by atoms with Gasteiger partial charge in [0.1, 0.15) is 5.75 Å². The van der Waals surface area contributed by atoms with Crippen LogP contribution in [0.5, 0.6) is 5.75 Å². The Hall–Kier alpha value is -4.21. The van der Waals surface area contributed by atoms with E-state index < -0.39 is 11.9 Å². The lowest BCUT2D eigenvalue weighted by Crippen LogP contribution is -2.27. The third-order valence-corrected chi connectivity index (χ3v) is 4.91. The lowest BCUT2D eigenvalue weighted by atomic mass is 10.1. The fourth-order valence-corrected chi connectivity index (χ4v) is 3.41. The van der Waals surface area contributed by atoms with Gasteiger partial charge < -0.3 is 25.4 Å². The highest BCUT2D eigenvalue weighted by atomic mass is 16.5. The molecule has 1 aliphatic rings. The minimum absolute atomic E-state index is 0.00266. The largest absolute Gasteiger partial charge is 0.495 e. The molecule has 3 N–H and O–H groups in total. The zero-order valence-electron chi connectivity index (χ0n) is 17.4. The summed E-state index contributed by atoms with van der Waals surface area (Å²) in [5.41, 5.74) is 7.17. The van der Waals surface area contributed by atoms with Gasteiger partial charge in [-0.3, -0.25) is 9.59 Å². The molecule has 2 heterocycles. The van der Waals surface area contributed by atoms with Crippen molar-refractivity contribution in [1.82, 2.24) is 15.0 Å². The molecule has 0 saturated carbocycles. The summed E-state index contributed by atoms with van der Waals surface area (Å²) in [6.45, 7) is 0.0204. The summed E-state index contributed by atoms with van der Waals surface area (Å²) in [5, 5.41) is 3.02. The van der Waals surface area contributed by atoms with Crippen molar-refractivity contribution in [2.24, 2.45) is 5.92 Å².